The number of nitrogens with one attached hydrogen (secondary N) is 1. The highest BCUT2D eigenvalue weighted by Gasteiger charge is 2.19. The van der Waals surface area contributed by atoms with Gasteiger partial charge in [0.1, 0.15) is 11.5 Å². The Hall–Kier alpha value is -1.53. The SMILES string of the molecule is CNc1ccc(OCCCN2CCN(c3ccccc3OC)CC2)cc1.Cl.Cl.Cl. The topological polar surface area (TPSA) is 37.0 Å². The molecule has 8 heteroatoms. The molecule has 0 radical (unpaired) electrons. The molecule has 3 rings (SSSR count). The first-order chi connectivity index (χ1) is 12.8. The lowest BCUT2D eigenvalue weighted by Crippen LogP contribution is -2.46. The zero-order valence-corrected chi connectivity index (χ0v) is 19.5. The molecule has 29 heavy (non-hydrogen) atoms. The third-order valence-electron chi connectivity index (χ3n) is 4.83. The average Bonchev–Trinajstić information content (AvgIpc) is 2.72. The van der Waals surface area contributed by atoms with E-state index in [1.54, 1.807) is 7.11 Å². The number of halogens is 3. The van der Waals surface area contributed by atoms with Gasteiger partial charge in [-0.3, -0.25) is 4.90 Å². The smallest absolute Gasteiger partial charge is 0.142 e. The predicted octanol–water partition coefficient (Wildman–Crippen LogP) is 4.59. The number of rotatable bonds is 8. The maximum absolute atomic E-state index is 5.84. The lowest BCUT2D eigenvalue weighted by atomic mass is 10.2. The van der Waals surface area contributed by atoms with Gasteiger partial charge >= 0.3 is 0 Å². The zero-order valence-electron chi connectivity index (χ0n) is 17.0. The highest BCUT2D eigenvalue weighted by Crippen LogP contribution is 2.28. The fourth-order valence-corrected chi connectivity index (χ4v) is 3.30. The number of hydrogen-bond donors (Lipinski definition) is 1. The summed E-state index contributed by atoms with van der Waals surface area (Å²) in [5.74, 6) is 1.89. The van der Waals surface area contributed by atoms with E-state index in [4.69, 9.17) is 9.47 Å². The van der Waals surface area contributed by atoms with Gasteiger partial charge in [0.05, 0.1) is 19.4 Å². The van der Waals surface area contributed by atoms with Crippen molar-refractivity contribution >= 4 is 48.6 Å². The van der Waals surface area contributed by atoms with Gasteiger partial charge in [-0.2, -0.15) is 0 Å². The molecule has 2 aromatic carbocycles. The number of benzene rings is 2. The second-order valence-corrected chi connectivity index (χ2v) is 6.48. The lowest BCUT2D eigenvalue weighted by Gasteiger charge is -2.36. The van der Waals surface area contributed by atoms with Crippen LogP contribution in [0.1, 0.15) is 6.42 Å². The van der Waals surface area contributed by atoms with Crippen LogP contribution in [0, 0.1) is 0 Å². The fraction of sp³-hybridized carbons (Fsp3) is 0.429. The molecule has 0 amide bonds. The molecular weight excluding hydrogens is 433 g/mol. The highest BCUT2D eigenvalue weighted by molar-refractivity contribution is 5.86. The van der Waals surface area contributed by atoms with Crippen LogP contribution in [0.4, 0.5) is 11.4 Å². The average molecular weight is 465 g/mol. The van der Waals surface area contributed by atoms with Gasteiger partial charge in [0.25, 0.3) is 0 Å². The van der Waals surface area contributed by atoms with Crippen molar-refractivity contribution in [3.05, 3.63) is 48.5 Å². The van der Waals surface area contributed by atoms with Crippen molar-refractivity contribution < 1.29 is 9.47 Å². The summed E-state index contributed by atoms with van der Waals surface area (Å²) in [6, 6.07) is 16.4. The molecular formula is C21H32Cl3N3O2. The number of ether oxygens (including phenoxy) is 2. The predicted molar refractivity (Wildman–Crippen MR) is 129 cm³/mol. The molecule has 2 aromatic rings. The van der Waals surface area contributed by atoms with Crippen LogP contribution in [0.15, 0.2) is 48.5 Å². The van der Waals surface area contributed by atoms with Crippen LogP contribution in [0.3, 0.4) is 0 Å². The normalized spacial score (nSPS) is 13.4. The second-order valence-electron chi connectivity index (χ2n) is 6.48. The molecule has 1 aliphatic heterocycles. The Bertz CT molecular complexity index is 681. The number of methoxy groups -OCH3 is 1. The Morgan fingerprint density at radius 1 is 0.897 bits per heavy atom. The Morgan fingerprint density at radius 2 is 1.55 bits per heavy atom. The molecule has 0 aromatic heterocycles. The van der Waals surface area contributed by atoms with Gasteiger partial charge in [0.2, 0.25) is 0 Å². The summed E-state index contributed by atoms with van der Waals surface area (Å²) in [7, 11) is 3.66. The van der Waals surface area contributed by atoms with E-state index in [2.05, 4.69) is 27.2 Å². The van der Waals surface area contributed by atoms with Gasteiger partial charge < -0.3 is 19.7 Å². The van der Waals surface area contributed by atoms with E-state index in [1.807, 2.05) is 43.4 Å². The first kappa shape index (κ1) is 27.5. The summed E-state index contributed by atoms with van der Waals surface area (Å²) in [6.45, 7) is 6.06. The zero-order chi connectivity index (χ0) is 18.2. The van der Waals surface area contributed by atoms with Crippen LogP contribution in [0.5, 0.6) is 11.5 Å². The third kappa shape index (κ3) is 8.01. The summed E-state index contributed by atoms with van der Waals surface area (Å²) < 4.78 is 11.3. The fourth-order valence-electron chi connectivity index (χ4n) is 3.30. The van der Waals surface area contributed by atoms with E-state index in [0.29, 0.717) is 0 Å². The molecule has 164 valence electrons. The molecule has 0 unspecified atom stereocenters. The first-order valence-corrected chi connectivity index (χ1v) is 9.31. The minimum atomic E-state index is 0. The molecule has 1 fully saturated rings. The quantitative estimate of drug-likeness (QED) is 0.578. The van der Waals surface area contributed by atoms with Crippen LogP contribution in [0.2, 0.25) is 0 Å². The number of hydrogen-bond acceptors (Lipinski definition) is 5. The van der Waals surface area contributed by atoms with Crippen molar-refractivity contribution in [3.8, 4) is 11.5 Å². The van der Waals surface area contributed by atoms with E-state index in [0.717, 1.165) is 62.9 Å². The Kier molecular flexibility index (Phi) is 13.7. The molecule has 0 bridgehead atoms. The molecule has 0 atom stereocenters. The number of para-hydroxylation sites is 2. The van der Waals surface area contributed by atoms with Crippen LogP contribution in [0.25, 0.3) is 0 Å². The third-order valence-corrected chi connectivity index (χ3v) is 4.83. The van der Waals surface area contributed by atoms with Crippen LogP contribution in [-0.4, -0.2) is 58.4 Å². The molecule has 1 aliphatic rings. The van der Waals surface area contributed by atoms with Crippen molar-refractivity contribution in [2.45, 2.75) is 6.42 Å². The Balaban J connectivity index is 0.00000261. The largest absolute Gasteiger partial charge is 0.495 e. The maximum Gasteiger partial charge on any atom is 0.142 e. The van der Waals surface area contributed by atoms with Crippen LogP contribution < -0.4 is 19.7 Å². The second kappa shape index (κ2) is 14.5. The van der Waals surface area contributed by atoms with Gasteiger partial charge in [0, 0.05) is 45.5 Å². The van der Waals surface area contributed by atoms with Crippen LogP contribution in [-0.2, 0) is 0 Å². The van der Waals surface area contributed by atoms with Gasteiger partial charge in [-0.1, -0.05) is 12.1 Å². The summed E-state index contributed by atoms with van der Waals surface area (Å²) in [4.78, 5) is 4.93. The Morgan fingerprint density at radius 3 is 2.17 bits per heavy atom. The molecule has 1 saturated heterocycles. The van der Waals surface area contributed by atoms with Gasteiger partial charge in [0.15, 0.2) is 0 Å². The standard InChI is InChI=1S/C21H29N3O2.3ClH/c1-22-18-8-10-19(11-9-18)26-17-5-12-23-13-15-24(16-14-23)20-6-3-4-7-21(20)25-2;;;/h3-4,6-11,22H,5,12-17H2,1-2H3;3*1H. The van der Waals surface area contributed by atoms with Crippen molar-refractivity contribution in [3.63, 3.8) is 0 Å². The van der Waals surface area contributed by atoms with Gasteiger partial charge in [-0.15, -0.1) is 37.2 Å². The summed E-state index contributed by atoms with van der Waals surface area (Å²) in [6.07, 6.45) is 1.04. The molecule has 0 saturated carbocycles. The molecule has 0 aliphatic carbocycles. The lowest BCUT2D eigenvalue weighted by molar-refractivity contribution is 0.224. The van der Waals surface area contributed by atoms with Crippen molar-refractivity contribution in [2.75, 3.05) is 63.7 Å². The van der Waals surface area contributed by atoms with Gasteiger partial charge in [-0.25, -0.2) is 0 Å². The van der Waals surface area contributed by atoms with E-state index in [-0.39, 0.29) is 37.2 Å². The molecule has 0 spiro atoms. The summed E-state index contributed by atoms with van der Waals surface area (Å²) >= 11 is 0. The number of piperazine rings is 1. The molecule has 5 nitrogen and oxygen atoms in total. The highest BCUT2D eigenvalue weighted by atomic mass is 35.5. The van der Waals surface area contributed by atoms with E-state index in [9.17, 15) is 0 Å². The number of anilines is 2. The monoisotopic (exact) mass is 463 g/mol. The van der Waals surface area contributed by atoms with E-state index < -0.39 is 0 Å². The summed E-state index contributed by atoms with van der Waals surface area (Å²) in [5.41, 5.74) is 2.30. The van der Waals surface area contributed by atoms with Crippen molar-refractivity contribution in [2.24, 2.45) is 0 Å². The van der Waals surface area contributed by atoms with Crippen molar-refractivity contribution in [1.82, 2.24) is 4.90 Å². The maximum atomic E-state index is 5.84. The first-order valence-electron chi connectivity index (χ1n) is 9.31. The Labute approximate surface area is 193 Å². The molecule has 1 N–H and O–H groups in total. The molecule has 1 heterocycles. The number of nitrogens with zero attached hydrogens (tertiary/aromatic N) is 2. The van der Waals surface area contributed by atoms with Gasteiger partial charge in [-0.05, 0) is 42.8 Å². The summed E-state index contributed by atoms with van der Waals surface area (Å²) in [5, 5.41) is 3.11. The minimum Gasteiger partial charge on any atom is -0.495 e. The van der Waals surface area contributed by atoms with Crippen molar-refractivity contribution in [1.29, 1.82) is 0 Å². The van der Waals surface area contributed by atoms with E-state index in [1.165, 1.54) is 5.69 Å². The van der Waals surface area contributed by atoms with E-state index >= 15 is 0 Å². The minimum absolute atomic E-state index is 0. The van der Waals surface area contributed by atoms with Crippen LogP contribution >= 0.6 is 37.2 Å².